The van der Waals surface area contributed by atoms with Gasteiger partial charge in [0.25, 0.3) is 0 Å². The second-order valence-corrected chi connectivity index (χ2v) is 10.8. The standard InChI is InChI=1S/C22H26N4O2S2/c1-4-29-22-19-8-6-5-7-18(19)21(23-24-22)17-10-9-16(2)20(15-17)30(27,28)26-13-11-25(3)12-14-26/h5-10,15H,4,11-14H2,1-3H3/p+1. The SMILES string of the molecule is CCSc1nnc(-c2ccc(C)c(S(=O)(=O)N3CC[NH+](C)CC3)c2)c2ccccc12. The average Bonchev–Trinajstić information content (AvgIpc) is 2.75. The van der Waals surface area contributed by atoms with Crippen molar-refractivity contribution in [3.8, 4) is 11.3 Å². The van der Waals surface area contributed by atoms with Crippen LogP contribution in [0.2, 0.25) is 0 Å². The molecule has 6 nitrogen and oxygen atoms in total. The third-order valence-electron chi connectivity index (χ3n) is 5.59. The summed E-state index contributed by atoms with van der Waals surface area (Å²) in [5.41, 5.74) is 2.24. The number of hydrogen-bond acceptors (Lipinski definition) is 5. The van der Waals surface area contributed by atoms with Crippen LogP contribution in [0.3, 0.4) is 0 Å². The van der Waals surface area contributed by atoms with Crippen molar-refractivity contribution < 1.29 is 13.3 Å². The van der Waals surface area contributed by atoms with E-state index in [0.29, 0.717) is 23.7 Å². The Morgan fingerprint density at radius 2 is 1.77 bits per heavy atom. The molecule has 0 radical (unpaired) electrons. The molecule has 1 aliphatic heterocycles. The van der Waals surface area contributed by atoms with Gasteiger partial charge in [0.15, 0.2) is 0 Å². The van der Waals surface area contributed by atoms with Crippen LogP contribution in [0.4, 0.5) is 0 Å². The van der Waals surface area contributed by atoms with Crippen LogP contribution in [0.5, 0.6) is 0 Å². The quantitative estimate of drug-likeness (QED) is 0.613. The number of hydrogen-bond donors (Lipinski definition) is 1. The predicted octanol–water partition coefficient (Wildman–Crippen LogP) is 2.24. The van der Waals surface area contributed by atoms with Gasteiger partial charge in [0.1, 0.15) is 10.7 Å². The minimum Gasteiger partial charge on any atom is -0.335 e. The Hall–Kier alpha value is -2.00. The van der Waals surface area contributed by atoms with Gasteiger partial charge in [-0.15, -0.1) is 22.0 Å². The first-order chi connectivity index (χ1) is 14.4. The summed E-state index contributed by atoms with van der Waals surface area (Å²) in [5.74, 6) is 0.914. The number of rotatable bonds is 5. The first-order valence-corrected chi connectivity index (χ1v) is 12.6. The molecule has 8 heteroatoms. The Labute approximate surface area is 182 Å². The van der Waals surface area contributed by atoms with Crippen molar-refractivity contribution >= 4 is 32.6 Å². The molecule has 2 aromatic carbocycles. The molecule has 0 spiro atoms. The summed E-state index contributed by atoms with van der Waals surface area (Å²) in [6, 6.07) is 13.6. The van der Waals surface area contributed by atoms with Gasteiger partial charge in [0.2, 0.25) is 10.0 Å². The van der Waals surface area contributed by atoms with Crippen LogP contribution < -0.4 is 4.90 Å². The second kappa shape index (κ2) is 8.63. The van der Waals surface area contributed by atoms with Crippen molar-refractivity contribution in [2.24, 2.45) is 0 Å². The summed E-state index contributed by atoms with van der Waals surface area (Å²) in [6.07, 6.45) is 0. The van der Waals surface area contributed by atoms with E-state index in [1.165, 1.54) is 4.90 Å². The number of aromatic nitrogens is 2. The van der Waals surface area contributed by atoms with Gasteiger partial charge in [-0.25, -0.2) is 8.42 Å². The van der Waals surface area contributed by atoms with E-state index in [1.807, 2.05) is 43.3 Å². The molecule has 3 aromatic rings. The lowest BCUT2D eigenvalue weighted by Crippen LogP contribution is -3.12. The van der Waals surface area contributed by atoms with E-state index in [4.69, 9.17) is 0 Å². The number of nitrogens with one attached hydrogen (secondary N) is 1. The highest BCUT2D eigenvalue weighted by molar-refractivity contribution is 7.99. The van der Waals surface area contributed by atoms with E-state index in [9.17, 15) is 8.42 Å². The number of sulfonamides is 1. The second-order valence-electron chi connectivity index (χ2n) is 7.67. The monoisotopic (exact) mass is 443 g/mol. The van der Waals surface area contributed by atoms with Gasteiger partial charge in [-0.1, -0.05) is 43.3 Å². The lowest BCUT2D eigenvalue weighted by molar-refractivity contribution is -0.883. The lowest BCUT2D eigenvalue weighted by atomic mass is 10.0. The Morgan fingerprint density at radius 1 is 1.07 bits per heavy atom. The molecule has 1 aromatic heterocycles. The van der Waals surface area contributed by atoms with Crippen LogP contribution in [0.25, 0.3) is 22.0 Å². The molecule has 1 fully saturated rings. The van der Waals surface area contributed by atoms with Crippen molar-refractivity contribution in [1.29, 1.82) is 0 Å². The maximum atomic E-state index is 13.4. The molecule has 1 aliphatic rings. The summed E-state index contributed by atoms with van der Waals surface area (Å²) >= 11 is 1.66. The van der Waals surface area contributed by atoms with E-state index in [-0.39, 0.29) is 0 Å². The third kappa shape index (κ3) is 3.97. The van der Waals surface area contributed by atoms with Crippen molar-refractivity contribution in [3.63, 3.8) is 0 Å². The molecule has 1 N–H and O–H groups in total. The summed E-state index contributed by atoms with van der Waals surface area (Å²) in [4.78, 5) is 1.72. The van der Waals surface area contributed by atoms with Crippen LogP contribution in [0.15, 0.2) is 52.4 Å². The van der Waals surface area contributed by atoms with Crippen LogP contribution in [0, 0.1) is 6.92 Å². The summed E-state index contributed by atoms with van der Waals surface area (Å²) in [6.45, 7) is 6.68. The maximum Gasteiger partial charge on any atom is 0.243 e. The highest BCUT2D eigenvalue weighted by Crippen LogP contribution is 2.33. The molecular weight excluding hydrogens is 416 g/mol. The van der Waals surface area contributed by atoms with Crippen LogP contribution in [0.1, 0.15) is 12.5 Å². The van der Waals surface area contributed by atoms with Crippen molar-refractivity contribution in [3.05, 3.63) is 48.0 Å². The van der Waals surface area contributed by atoms with Crippen molar-refractivity contribution in [1.82, 2.24) is 14.5 Å². The van der Waals surface area contributed by atoms with E-state index in [1.54, 1.807) is 22.1 Å². The predicted molar refractivity (Wildman–Crippen MR) is 121 cm³/mol. The zero-order chi connectivity index (χ0) is 21.3. The minimum atomic E-state index is -3.55. The molecule has 158 valence electrons. The molecule has 0 bridgehead atoms. The molecule has 2 heterocycles. The minimum absolute atomic E-state index is 0.359. The molecular formula is C22H27N4O2S2+. The van der Waals surface area contributed by atoms with E-state index in [0.717, 1.165) is 45.8 Å². The largest absolute Gasteiger partial charge is 0.335 e. The molecule has 0 atom stereocenters. The lowest BCUT2D eigenvalue weighted by Gasteiger charge is -2.29. The zero-order valence-corrected chi connectivity index (χ0v) is 19.2. The van der Waals surface area contributed by atoms with Crippen LogP contribution in [-0.4, -0.2) is 61.9 Å². The number of fused-ring (bicyclic) bond motifs is 1. The van der Waals surface area contributed by atoms with Gasteiger partial charge in [-0.2, -0.15) is 4.31 Å². The smallest absolute Gasteiger partial charge is 0.243 e. The van der Waals surface area contributed by atoms with Gasteiger partial charge < -0.3 is 4.90 Å². The zero-order valence-electron chi connectivity index (χ0n) is 17.6. The van der Waals surface area contributed by atoms with E-state index >= 15 is 0 Å². The average molecular weight is 444 g/mol. The number of quaternary nitrogens is 1. The van der Waals surface area contributed by atoms with Gasteiger partial charge >= 0.3 is 0 Å². The molecule has 0 aliphatic carbocycles. The number of benzene rings is 2. The van der Waals surface area contributed by atoms with Crippen LogP contribution in [-0.2, 0) is 10.0 Å². The summed E-state index contributed by atoms with van der Waals surface area (Å²) in [7, 11) is -1.45. The topological polar surface area (TPSA) is 67.6 Å². The Bertz CT molecular complexity index is 1170. The third-order valence-corrected chi connectivity index (χ3v) is 8.49. The Balaban J connectivity index is 1.80. The maximum absolute atomic E-state index is 13.4. The number of thioether (sulfide) groups is 1. The number of piperazine rings is 1. The van der Waals surface area contributed by atoms with Crippen molar-refractivity contribution in [2.45, 2.75) is 23.8 Å². The Kier molecular flexibility index (Phi) is 6.11. The summed E-state index contributed by atoms with van der Waals surface area (Å²) < 4.78 is 28.4. The van der Waals surface area contributed by atoms with Gasteiger partial charge in [0, 0.05) is 16.3 Å². The van der Waals surface area contributed by atoms with Gasteiger partial charge in [0.05, 0.1) is 38.1 Å². The number of likely N-dealkylation sites (N-methyl/N-ethyl adjacent to an activating group) is 1. The molecule has 30 heavy (non-hydrogen) atoms. The molecule has 0 saturated carbocycles. The highest BCUT2D eigenvalue weighted by atomic mass is 32.2. The van der Waals surface area contributed by atoms with Gasteiger partial charge in [-0.3, -0.25) is 0 Å². The fourth-order valence-electron chi connectivity index (χ4n) is 3.81. The fourth-order valence-corrected chi connectivity index (χ4v) is 6.21. The van der Waals surface area contributed by atoms with Crippen LogP contribution >= 0.6 is 11.8 Å². The first kappa shape index (κ1) is 21.2. The molecule has 4 rings (SSSR count). The number of aryl methyl sites for hydroxylation is 1. The first-order valence-electron chi connectivity index (χ1n) is 10.2. The highest BCUT2D eigenvalue weighted by Gasteiger charge is 2.30. The summed E-state index contributed by atoms with van der Waals surface area (Å²) in [5, 5.41) is 11.9. The molecule has 0 unspecified atom stereocenters. The fraction of sp³-hybridized carbons (Fsp3) is 0.364. The van der Waals surface area contributed by atoms with E-state index < -0.39 is 10.0 Å². The number of nitrogens with zero attached hydrogens (tertiary/aromatic N) is 3. The Morgan fingerprint density at radius 3 is 2.47 bits per heavy atom. The van der Waals surface area contributed by atoms with E-state index in [2.05, 4.69) is 24.2 Å². The van der Waals surface area contributed by atoms with Crippen molar-refractivity contribution in [2.75, 3.05) is 39.0 Å². The molecule has 1 saturated heterocycles. The normalized spacial score (nSPS) is 16.2. The van der Waals surface area contributed by atoms with Gasteiger partial charge in [-0.05, 0) is 24.3 Å². The molecule has 0 amide bonds.